The molecule has 0 saturated carbocycles. The second kappa shape index (κ2) is 4.10. The van der Waals surface area contributed by atoms with E-state index in [2.05, 4.69) is 49.9 Å². The molecule has 1 saturated heterocycles. The van der Waals surface area contributed by atoms with E-state index in [1.54, 1.807) is 0 Å². The summed E-state index contributed by atoms with van der Waals surface area (Å²) in [5.41, 5.74) is 2.81. The fourth-order valence-electron chi connectivity index (χ4n) is 2.34. The molecule has 1 N–H and O–H groups in total. The summed E-state index contributed by atoms with van der Waals surface area (Å²) in [4.78, 5) is 2.30. The topological polar surface area (TPSA) is 23.5 Å². The molecule has 0 bridgehead atoms. The summed E-state index contributed by atoms with van der Waals surface area (Å²) in [6.07, 6.45) is 0.728. The Balaban J connectivity index is 2.34. The van der Waals surface area contributed by atoms with E-state index in [9.17, 15) is 5.11 Å². The van der Waals surface area contributed by atoms with Crippen molar-refractivity contribution < 1.29 is 5.11 Å². The SMILES string of the molecule is CC(C)(C)c1ccccc1N1CC[C@@H](O)C1. The molecule has 0 aromatic heterocycles. The molecule has 0 amide bonds. The molecule has 1 aromatic rings. The zero-order valence-corrected chi connectivity index (χ0v) is 10.4. The number of hydrogen-bond acceptors (Lipinski definition) is 2. The minimum atomic E-state index is -0.159. The number of nitrogens with zero attached hydrogens (tertiary/aromatic N) is 1. The third-order valence-electron chi connectivity index (χ3n) is 3.22. The van der Waals surface area contributed by atoms with Gasteiger partial charge < -0.3 is 10.0 Å². The Morgan fingerprint density at radius 3 is 2.50 bits per heavy atom. The van der Waals surface area contributed by atoms with Crippen LogP contribution in [0.3, 0.4) is 0 Å². The third-order valence-corrected chi connectivity index (χ3v) is 3.22. The molecule has 0 spiro atoms. The fraction of sp³-hybridized carbons (Fsp3) is 0.571. The molecule has 88 valence electrons. The van der Waals surface area contributed by atoms with Crippen LogP contribution in [0.15, 0.2) is 24.3 Å². The van der Waals surface area contributed by atoms with E-state index in [1.165, 1.54) is 11.3 Å². The Kier molecular flexibility index (Phi) is 2.94. The van der Waals surface area contributed by atoms with Gasteiger partial charge >= 0.3 is 0 Å². The third kappa shape index (κ3) is 2.22. The predicted molar refractivity (Wildman–Crippen MR) is 68.0 cm³/mol. The monoisotopic (exact) mass is 219 g/mol. The number of anilines is 1. The average molecular weight is 219 g/mol. The predicted octanol–water partition coefficient (Wildman–Crippen LogP) is 2.56. The van der Waals surface area contributed by atoms with Crippen LogP contribution in [0, 0.1) is 0 Å². The molecule has 1 aliphatic heterocycles. The largest absolute Gasteiger partial charge is 0.391 e. The zero-order chi connectivity index (χ0) is 11.8. The molecule has 1 fully saturated rings. The van der Waals surface area contributed by atoms with Gasteiger partial charge in [-0.1, -0.05) is 39.0 Å². The van der Waals surface area contributed by atoms with Crippen LogP contribution >= 0.6 is 0 Å². The van der Waals surface area contributed by atoms with Gasteiger partial charge in [0.05, 0.1) is 6.10 Å². The van der Waals surface area contributed by atoms with Crippen LogP contribution < -0.4 is 4.90 Å². The molecule has 1 aromatic carbocycles. The minimum Gasteiger partial charge on any atom is -0.391 e. The lowest BCUT2D eigenvalue weighted by Crippen LogP contribution is -2.25. The molecule has 0 aliphatic carbocycles. The highest BCUT2D eigenvalue weighted by Crippen LogP contribution is 2.33. The van der Waals surface area contributed by atoms with Gasteiger partial charge in [0.25, 0.3) is 0 Å². The van der Waals surface area contributed by atoms with E-state index >= 15 is 0 Å². The van der Waals surface area contributed by atoms with Gasteiger partial charge in [0, 0.05) is 18.8 Å². The Hall–Kier alpha value is -1.02. The Morgan fingerprint density at radius 1 is 1.25 bits per heavy atom. The van der Waals surface area contributed by atoms with Crippen molar-refractivity contribution in [1.29, 1.82) is 0 Å². The summed E-state index contributed by atoms with van der Waals surface area (Å²) < 4.78 is 0. The first kappa shape index (κ1) is 11.5. The van der Waals surface area contributed by atoms with Crippen LogP contribution in [0.2, 0.25) is 0 Å². The summed E-state index contributed by atoms with van der Waals surface area (Å²) in [7, 11) is 0. The van der Waals surface area contributed by atoms with Crippen LogP contribution in [-0.2, 0) is 5.41 Å². The van der Waals surface area contributed by atoms with Crippen LogP contribution in [0.5, 0.6) is 0 Å². The van der Waals surface area contributed by atoms with Gasteiger partial charge in [-0.2, -0.15) is 0 Å². The fourth-order valence-corrected chi connectivity index (χ4v) is 2.34. The highest BCUT2D eigenvalue weighted by Gasteiger charge is 2.25. The van der Waals surface area contributed by atoms with Crippen LogP contribution in [0.25, 0.3) is 0 Å². The number of rotatable bonds is 1. The number of aliphatic hydroxyl groups is 1. The van der Waals surface area contributed by atoms with E-state index in [-0.39, 0.29) is 11.5 Å². The smallest absolute Gasteiger partial charge is 0.0731 e. The second-order valence-corrected chi connectivity index (χ2v) is 5.66. The number of aliphatic hydroxyl groups excluding tert-OH is 1. The summed E-state index contributed by atoms with van der Waals surface area (Å²) in [6.45, 7) is 8.44. The lowest BCUT2D eigenvalue weighted by atomic mass is 9.85. The lowest BCUT2D eigenvalue weighted by Gasteiger charge is -2.28. The molecule has 0 radical (unpaired) electrons. The maximum atomic E-state index is 9.61. The van der Waals surface area contributed by atoms with Crippen LogP contribution in [0.1, 0.15) is 32.8 Å². The lowest BCUT2D eigenvalue weighted by molar-refractivity contribution is 0.198. The van der Waals surface area contributed by atoms with Crippen LogP contribution in [0.4, 0.5) is 5.69 Å². The standard InChI is InChI=1S/C14H21NO/c1-14(2,3)12-6-4-5-7-13(12)15-9-8-11(16)10-15/h4-7,11,16H,8-10H2,1-3H3/t11-/m1/s1. The zero-order valence-electron chi connectivity index (χ0n) is 10.4. The molecule has 1 aliphatic rings. The number of para-hydroxylation sites is 1. The highest BCUT2D eigenvalue weighted by atomic mass is 16.3. The average Bonchev–Trinajstić information content (AvgIpc) is 2.64. The normalized spacial score (nSPS) is 21.5. The molecule has 0 unspecified atom stereocenters. The van der Waals surface area contributed by atoms with Gasteiger partial charge in [-0.05, 0) is 23.5 Å². The van der Waals surface area contributed by atoms with Crippen LogP contribution in [-0.4, -0.2) is 24.3 Å². The summed E-state index contributed by atoms with van der Waals surface area (Å²) in [5, 5.41) is 9.61. The van der Waals surface area contributed by atoms with Crippen molar-refractivity contribution >= 4 is 5.69 Å². The van der Waals surface area contributed by atoms with Gasteiger partial charge in [0.2, 0.25) is 0 Å². The van der Waals surface area contributed by atoms with Gasteiger partial charge in [-0.15, -0.1) is 0 Å². The first-order chi connectivity index (χ1) is 7.48. The van der Waals surface area contributed by atoms with Gasteiger partial charge in [-0.25, -0.2) is 0 Å². The summed E-state index contributed by atoms with van der Waals surface area (Å²) in [5.74, 6) is 0. The molecule has 1 atom stereocenters. The van der Waals surface area contributed by atoms with E-state index < -0.39 is 0 Å². The van der Waals surface area contributed by atoms with Crippen molar-refractivity contribution in [3.8, 4) is 0 Å². The number of hydrogen-bond donors (Lipinski definition) is 1. The second-order valence-electron chi connectivity index (χ2n) is 5.66. The Bertz CT molecular complexity index is 367. The molecular formula is C14H21NO. The van der Waals surface area contributed by atoms with Gasteiger partial charge in [-0.3, -0.25) is 0 Å². The minimum absolute atomic E-state index is 0.157. The van der Waals surface area contributed by atoms with Gasteiger partial charge in [0.1, 0.15) is 0 Å². The van der Waals surface area contributed by atoms with Crippen molar-refractivity contribution in [1.82, 2.24) is 0 Å². The number of β-amino-alcohol motifs (C(OH)–C–C–N with tert-alkyl or cyclic N) is 1. The van der Waals surface area contributed by atoms with Crippen molar-refractivity contribution in [3.05, 3.63) is 29.8 Å². The Morgan fingerprint density at radius 2 is 1.94 bits per heavy atom. The first-order valence-corrected chi connectivity index (χ1v) is 6.01. The molecule has 2 rings (SSSR count). The molecule has 2 nitrogen and oxygen atoms in total. The maximum absolute atomic E-state index is 9.61. The van der Waals surface area contributed by atoms with E-state index in [0.29, 0.717) is 0 Å². The molecular weight excluding hydrogens is 198 g/mol. The van der Waals surface area contributed by atoms with Crippen molar-refractivity contribution in [2.75, 3.05) is 18.0 Å². The maximum Gasteiger partial charge on any atom is 0.0731 e. The summed E-state index contributed by atoms with van der Waals surface area (Å²) >= 11 is 0. The van der Waals surface area contributed by atoms with E-state index in [4.69, 9.17) is 0 Å². The van der Waals surface area contributed by atoms with Crippen molar-refractivity contribution in [2.45, 2.75) is 38.7 Å². The van der Waals surface area contributed by atoms with Crippen molar-refractivity contribution in [2.24, 2.45) is 0 Å². The quantitative estimate of drug-likeness (QED) is 0.784. The van der Waals surface area contributed by atoms with Gasteiger partial charge in [0.15, 0.2) is 0 Å². The molecule has 1 heterocycles. The van der Waals surface area contributed by atoms with Crippen molar-refractivity contribution in [3.63, 3.8) is 0 Å². The molecule has 16 heavy (non-hydrogen) atoms. The first-order valence-electron chi connectivity index (χ1n) is 6.01. The highest BCUT2D eigenvalue weighted by molar-refractivity contribution is 5.57. The van der Waals surface area contributed by atoms with E-state index in [0.717, 1.165) is 19.5 Å². The van der Waals surface area contributed by atoms with E-state index in [1.807, 2.05) is 0 Å². The molecule has 2 heteroatoms. The Labute approximate surface area is 97.9 Å². The number of benzene rings is 1. The summed E-state index contributed by atoms with van der Waals surface area (Å²) in [6, 6.07) is 8.53.